The Morgan fingerprint density at radius 2 is 1.69 bits per heavy atom. The molecule has 1 aliphatic rings. The Balaban J connectivity index is 1.96. The highest BCUT2D eigenvalue weighted by Gasteiger charge is 2.31. The normalized spacial score (nSPS) is 16.7. The zero-order valence-electron chi connectivity index (χ0n) is 15.4. The standard InChI is InChI=1S/C19H26N2O5/c1-13(2)16(20-17(22)15-7-5-4-6-8-15)19(24)26-14(3)18(23)21-9-11-25-12-10-21/h4-8,13-14,16H,9-12H2,1-3H3,(H,20,22). The number of carbonyl (C=O) groups excluding carboxylic acids is 3. The topological polar surface area (TPSA) is 84.9 Å². The number of hydrogen-bond donors (Lipinski definition) is 1. The summed E-state index contributed by atoms with van der Waals surface area (Å²) in [5, 5.41) is 2.70. The summed E-state index contributed by atoms with van der Waals surface area (Å²) in [6.07, 6.45) is -0.907. The van der Waals surface area contributed by atoms with Crippen molar-refractivity contribution in [2.75, 3.05) is 26.3 Å². The molecule has 0 bridgehead atoms. The predicted molar refractivity (Wildman–Crippen MR) is 95.5 cm³/mol. The van der Waals surface area contributed by atoms with E-state index in [0.29, 0.717) is 31.9 Å². The molecule has 26 heavy (non-hydrogen) atoms. The Kier molecular flexibility index (Phi) is 7.15. The van der Waals surface area contributed by atoms with Gasteiger partial charge in [0.05, 0.1) is 13.2 Å². The van der Waals surface area contributed by atoms with Gasteiger partial charge in [0, 0.05) is 18.7 Å². The van der Waals surface area contributed by atoms with Gasteiger partial charge in [0.15, 0.2) is 6.10 Å². The highest BCUT2D eigenvalue weighted by molar-refractivity contribution is 5.97. The molecule has 1 heterocycles. The minimum absolute atomic E-state index is 0.180. The van der Waals surface area contributed by atoms with E-state index in [0.717, 1.165) is 0 Å². The summed E-state index contributed by atoms with van der Waals surface area (Å²) in [6, 6.07) is 7.82. The first-order valence-corrected chi connectivity index (χ1v) is 8.83. The maximum absolute atomic E-state index is 12.5. The summed E-state index contributed by atoms with van der Waals surface area (Å²) in [5.74, 6) is -1.40. The van der Waals surface area contributed by atoms with Gasteiger partial charge in [0.1, 0.15) is 6.04 Å². The number of hydrogen-bond acceptors (Lipinski definition) is 5. The molecule has 0 aromatic heterocycles. The van der Waals surface area contributed by atoms with Gasteiger partial charge in [-0.2, -0.15) is 0 Å². The fourth-order valence-electron chi connectivity index (χ4n) is 2.65. The van der Waals surface area contributed by atoms with E-state index in [4.69, 9.17) is 9.47 Å². The van der Waals surface area contributed by atoms with Gasteiger partial charge in [0.2, 0.25) is 0 Å². The molecule has 7 heteroatoms. The number of rotatable bonds is 6. The lowest BCUT2D eigenvalue weighted by Crippen LogP contribution is -2.49. The van der Waals surface area contributed by atoms with Crippen LogP contribution in [0.3, 0.4) is 0 Å². The summed E-state index contributed by atoms with van der Waals surface area (Å²) in [5.41, 5.74) is 0.461. The molecule has 7 nitrogen and oxygen atoms in total. The zero-order valence-corrected chi connectivity index (χ0v) is 15.4. The summed E-state index contributed by atoms with van der Waals surface area (Å²) in [6.45, 7) is 7.10. The molecule has 2 unspecified atom stereocenters. The molecule has 1 fully saturated rings. The fourth-order valence-corrected chi connectivity index (χ4v) is 2.65. The SMILES string of the molecule is CC(OC(=O)C(NC(=O)c1ccccc1)C(C)C)C(=O)N1CCOCC1. The molecule has 1 aromatic carbocycles. The van der Waals surface area contributed by atoms with Crippen LogP contribution in [-0.4, -0.2) is 61.1 Å². The van der Waals surface area contributed by atoms with Crippen LogP contribution in [-0.2, 0) is 19.1 Å². The third kappa shape index (κ3) is 5.29. The molecule has 1 aromatic rings. The van der Waals surface area contributed by atoms with Crippen LogP contribution in [0.2, 0.25) is 0 Å². The van der Waals surface area contributed by atoms with Crippen molar-refractivity contribution < 1.29 is 23.9 Å². The fraction of sp³-hybridized carbons (Fsp3) is 0.526. The van der Waals surface area contributed by atoms with Gasteiger partial charge in [-0.15, -0.1) is 0 Å². The molecular weight excluding hydrogens is 336 g/mol. The molecular formula is C19H26N2O5. The van der Waals surface area contributed by atoms with Crippen molar-refractivity contribution in [2.24, 2.45) is 5.92 Å². The third-order valence-corrected chi connectivity index (χ3v) is 4.21. The Hall–Kier alpha value is -2.41. The maximum atomic E-state index is 12.5. The van der Waals surface area contributed by atoms with Crippen LogP contribution in [0.25, 0.3) is 0 Å². The van der Waals surface area contributed by atoms with E-state index in [-0.39, 0.29) is 17.7 Å². The monoisotopic (exact) mass is 362 g/mol. The molecule has 2 amide bonds. The van der Waals surface area contributed by atoms with Crippen LogP contribution in [0, 0.1) is 5.92 Å². The summed E-state index contributed by atoms with van der Waals surface area (Å²) >= 11 is 0. The van der Waals surface area contributed by atoms with Crippen molar-refractivity contribution in [1.29, 1.82) is 0 Å². The molecule has 1 aliphatic heterocycles. The van der Waals surface area contributed by atoms with Crippen molar-refractivity contribution in [2.45, 2.75) is 32.9 Å². The molecule has 142 valence electrons. The second-order valence-electron chi connectivity index (χ2n) is 6.58. The van der Waals surface area contributed by atoms with E-state index in [2.05, 4.69) is 5.32 Å². The van der Waals surface area contributed by atoms with Crippen LogP contribution >= 0.6 is 0 Å². The number of carbonyl (C=O) groups is 3. The van der Waals surface area contributed by atoms with E-state index < -0.39 is 18.1 Å². The molecule has 1 saturated heterocycles. The molecule has 2 rings (SSSR count). The zero-order chi connectivity index (χ0) is 19.1. The van der Waals surface area contributed by atoms with Gasteiger partial charge in [-0.25, -0.2) is 4.79 Å². The maximum Gasteiger partial charge on any atom is 0.329 e. The summed E-state index contributed by atoms with van der Waals surface area (Å²) in [4.78, 5) is 38.8. The van der Waals surface area contributed by atoms with Crippen LogP contribution in [0.5, 0.6) is 0 Å². The van der Waals surface area contributed by atoms with Gasteiger partial charge >= 0.3 is 5.97 Å². The van der Waals surface area contributed by atoms with Crippen molar-refractivity contribution in [1.82, 2.24) is 10.2 Å². The van der Waals surface area contributed by atoms with Gasteiger partial charge in [0.25, 0.3) is 11.8 Å². The molecule has 1 N–H and O–H groups in total. The Bertz CT molecular complexity index is 626. The highest BCUT2D eigenvalue weighted by Crippen LogP contribution is 2.10. The Morgan fingerprint density at radius 1 is 1.08 bits per heavy atom. The number of ether oxygens (including phenoxy) is 2. The van der Waals surface area contributed by atoms with Crippen LogP contribution in [0.4, 0.5) is 0 Å². The summed E-state index contributed by atoms with van der Waals surface area (Å²) < 4.78 is 10.6. The largest absolute Gasteiger partial charge is 0.451 e. The molecule has 2 atom stereocenters. The van der Waals surface area contributed by atoms with Gasteiger partial charge in [-0.1, -0.05) is 32.0 Å². The third-order valence-electron chi connectivity index (χ3n) is 4.21. The number of esters is 1. The predicted octanol–water partition coefficient (Wildman–Crippen LogP) is 1.23. The van der Waals surface area contributed by atoms with Gasteiger partial charge < -0.3 is 19.7 Å². The Labute approximate surface area is 153 Å². The van der Waals surface area contributed by atoms with E-state index in [1.807, 2.05) is 19.9 Å². The quantitative estimate of drug-likeness (QED) is 0.770. The molecule has 0 radical (unpaired) electrons. The summed E-state index contributed by atoms with van der Waals surface area (Å²) in [7, 11) is 0. The first kappa shape index (κ1) is 19.9. The lowest BCUT2D eigenvalue weighted by atomic mass is 10.0. The first-order valence-electron chi connectivity index (χ1n) is 8.83. The molecule has 0 aliphatic carbocycles. The lowest BCUT2D eigenvalue weighted by molar-refractivity contribution is -0.163. The number of nitrogens with one attached hydrogen (secondary N) is 1. The van der Waals surface area contributed by atoms with Crippen LogP contribution in [0.1, 0.15) is 31.1 Å². The molecule has 0 saturated carbocycles. The van der Waals surface area contributed by atoms with Crippen LogP contribution in [0.15, 0.2) is 30.3 Å². The average molecular weight is 362 g/mol. The Morgan fingerprint density at radius 3 is 2.27 bits per heavy atom. The van der Waals surface area contributed by atoms with Crippen molar-refractivity contribution >= 4 is 17.8 Å². The highest BCUT2D eigenvalue weighted by atomic mass is 16.5. The minimum Gasteiger partial charge on any atom is -0.451 e. The van der Waals surface area contributed by atoms with Crippen LogP contribution < -0.4 is 5.32 Å². The second-order valence-corrected chi connectivity index (χ2v) is 6.58. The molecule has 0 spiro atoms. The number of nitrogens with zero attached hydrogens (tertiary/aromatic N) is 1. The number of amides is 2. The van der Waals surface area contributed by atoms with Crippen molar-refractivity contribution in [3.05, 3.63) is 35.9 Å². The number of morpholine rings is 1. The smallest absolute Gasteiger partial charge is 0.329 e. The van der Waals surface area contributed by atoms with Crippen molar-refractivity contribution in [3.63, 3.8) is 0 Å². The lowest BCUT2D eigenvalue weighted by Gasteiger charge is -2.30. The van der Waals surface area contributed by atoms with Gasteiger partial charge in [-0.05, 0) is 25.0 Å². The average Bonchev–Trinajstić information content (AvgIpc) is 2.66. The van der Waals surface area contributed by atoms with Crippen molar-refractivity contribution in [3.8, 4) is 0 Å². The second kappa shape index (κ2) is 9.33. The minimum atomic E-state index is -0.907. The van der Waals surface area contributed by atoms with E-state index in [1.165, 1.54) is 0 Å². The van der Waals surface area contributed by atoms with E-state index >= 15 is 0 Å². The number of benzene rings is 1. The first-order chi connectivity index (χ1) is 12.4. The van der Waals surface area contributed by atoms with E-state index in [9.17, 15) is 14.4 Å². The van der Waals surface area contributed by atoms with Gasteiger partial charge in [-0.3, -0.25) is 9.59 Å². The van der Waals surface area contributed by atoms with E-state index in [1.54, 1.807) is 36.1 Å².